The molecule has 26 heavy (non-hydrogen) atoms. The zero-order valence-electron chi connectivity index (χ0n) is 17.1. The Morgan fingerprint density at radius 2 is 1.31 bits per heavy atom. The molecule has 2 aromatic rings. The van der Waals surface area contributed by atoms with Gasteiger partial charge in [-0.2, -0.15) is 0 Å². The van der Waals surface area contributed by atoms with Crippen molar-refractivity contribution in [2.75, 3.05) is 11.4 Å². The van der Waals surface area contributed by atoms with E-state index in [0.29, 0.717) is 0 Å². The lowest BCUT2D eigenvalue weighted by atomic mass is 10.0. The lowest BCUT2D eigenvalue weighted by Gasteiger charge is -2.25. The highest BCUT2D eigenvalue weighted by atomic mass is 35.5. The SMILES string of the molecule is C=C(C)CN(C=Nc1c(C)cc(C)cc1C)c1c(C)cc(C)cc1C.Cl. The molecule has 2 rings (SSSR count). The van der Waals surface area contributed by atoms with E-state index in [1.54, 1.807) is 0 Å². The summed E-state index contributed by atoms with van der Waals surface area (Å²) in [6.07, 6.45) is 1.96. The monoisotopic (exact) mass is 370 g/mol. The van der Waals surface area contributed by atoms with Crippen LogP contribution >= 0.6 is 12.4 Å². The Labute approximate surface area is 165 Å². The maximum Gasteiger partial charge on any atom is 0.0960 e. The van der Waals surface area contributed by atoms with E-state index in [4.69, 9.17) is 4.99 Å². The van der Waals surface area contributed by atoms with E-state index in [1.165, 1.54) is 39.1 Å². The molecule has 0 spiro atoms. The number of aryl methyl sites for hydroxylation is 6. The fraction of sp³-hybridized carbons (Fsp3) is 0.348. The molecule has 0 N–H and O–H groups in total. The first-order chi connectivity index (χ1) is 11.7. The zero-order valence-corrected chi connectivity index (χ0v) is 17.9. The molecule has 2 aromatic carbocycles. The minimum atomic E-state index is 0. The first kappa shape index (κ1) is 22.0. The fourth-order valence-electron chi connectivity index (χ4n) is 3.60. The van der Waals surface area contributed by atoms with Crippen LogP contribution in [0.15, 0.2) is 41.4 Å². The summed E-state index contributed by atoms with van der Waals surface area (Å²) in [6.45, 7) is 19.8. The van der Waals surface area contributed by atoms with Crippen LogP contribution in [-0.4, -0.2) is 12.9 Å². The average Bonchev–Trinajstić information content (AvgIpc) is 2.43. The quantitative estimate of drug-likeness (QED) is 0.324. The lowest BCUT2D eigenvalue weighted by molar-refractivity contribution is 1.06. The van der Waals surface area contributed by atoms with Gasteiger partial charge in [0.05, 0.1) is 12.0 Å². The molecule has 2 nitrogen and oxygen atoms in total. The van der Waals surface area contributed by atoms with Gasteiger partial charge in [-0.3, -0.25) is 0 Å². The zero-order chi connectivity index (χ0) is 18.7. The molecule has 0 aliphatic heterocycles. The van der Waals surface area contributed by atoms with Crippen molar-refractivity contribution >= 4 is 30.1 Å². The third kappa shape index (κ3) is 5.22. The summed E-state index contributed by atoms with van der Waals surface area (Å²) in [5.41, 5.74) is 10.9. The number of hydrogen-bond donors (Lipinski definition) is 0. The van der Waals surface area contributed by atoms with Gasteiger partial charge < -0.3 is 4.90 Å². The summed E-state index contributed by atoms with van der Waals surface area (Å²) in [6, 6.07) is 8.82. The van der Waals surface area contributed by atoms with Gasteiger partial charge in [0.25, 0.3) is 0 Å². The molecule has 0 fully saturated rings. The summed E-state index contributed by atoms with van der Waals surface area (Å²) in [4.78, 5) is 7.05. The summed E-state index contributed by atoms with van der Waals surface area (Å²) >= 11 is 0. The molecular formula is C23H31ClN2. The first-order valence-electron chi connectivity index (χ1n) is 8.80. The van der Waals surface area contributed by atoms with Crippen LogP contribution in [-0.2, 0) is 0 Å². The van der Waals surface area contributed by atoms with Crippen molar-refractivity contribution in [3.8, 4) is 0 Å². The normalized spacial score (nSPS) is 10.7. The Balaban J connectivity index is 0.00000338. The highest BCUT2D eigenvalue weighted by Crippen LogP contribution is 2.28. The van der Waals surface area contributed by atoms with Crippen LogP contribution in [0.3, 0.4) is 0 Å². The second-order valence-electron chi connectivity index (χ2n) is 7.32. The van der Waals surface area contributed by atoms with Crippen molar-refractivity contribution in [2.45, 2.75) is 48.5 Å². The van der Waals surface area contributed by atoms with Crippen molar-refractivity contribution in [3.05, 3.63) is 69.8 Å². The van der Waals surface area contributed by atoms with Gasteiger partial charge in [0.2, 0.25) is 0 Å². The minimum absolute atomic E-state index is 0. The highest BCUT2D eigenvalue weighted by molar-refractivity contribution is 5.85. The Kier molecular flexibility index (Phi) is 7.65. The number of anilines is 1. The van der Waals surface area contributed by atoms with Gasteiger partial charge in [-0.25, -0.2) is 4.99 Å². The van der Waals surface area contributed by atoms with Gasteiger partial charge in [-0.1, -0.05) is 47.5 Å². The van der Waals surface area contributed by atoms with Gasteiger partial charge >= 0.3 is 0 Å². The summed E-state index contributed by atoms with van der Waals surface area (Å²) in [5, 5.41) is 0. The molecule has 0 heterocycles. The lowest BCUT2D eigenvalue weighted by Crippen LogP contribution is -2.25. The molecule has 0 aliphatic carbocycles. The van der Waals surface area contributed by atoms with Crippen LogP contribution in [0.4, 0.5) is 11.4 Å². The smallest absolute Gasteiger partial charge is 0.0960 e. The van der Waals surface area contributed by atoms with Crippen molar-refractivity contribution in [1.29, 1.82) is 0 Å². The predicted molar refractivity (Wildman–Crippen MR) is 119 cm³/mol. The van der Waals surface area contributed by atoms with E-state index in [9.17, 15) is 0 Å². The van der Waals surface area contributed by atoms with Crippen molar-refractivity contribution in [3.63, 3.8) is 0 Å². The number of benzene rings is 2. The number of aliphatic imine (C=N–C) groups is 1. The Bertz CT molecular complexity index is 788. The molecule has 0 atom stereocenters. The van der Waals surface area contributed by atoms with Crippen molar-refractivity contribution in [1.82, 2.24) is 0 Å². The summed E-state index contributed by atoms with van der Waals surface area (Å²) < 4.78 is 0. The Hall–Kier alpha value is -2.06. The van der Waals surface area contributed by atoms with Crippen molar-refractivity contribution in [2.24, 2.45) is 4.99 Å². The van der Waals surface area contributed by atoms with Crippen LogP contribution in [0.2, 0.25) is 0 Å². The van der Waals surface area contributed by atoms with E-state index < -0.39 is 0 Å². The third-order valence-corrected chi connectivity index (χ3v) is 4.32. The largest absolute Gasteiger partial charge is 0.328 e. The molecule has 0 bridgehead atoms. The minimum Gasteiger partial charge on any atom is -0.328 e. The molecule has 0 radical (unpaired) electrons. The second kappa shape index (κ2) is 9.05. The summed E-state index contributed by atoms with van der Waals surface area (Å²) in [5.74, 6) is 0. The number of nitrogens with zero attached hydrogens (tertiary/aromatic N) is 2. The van der Waals surface area contributed by atoms with Gasteiger partial charge in [0, 0.05) is 12.2 Å². The molecule has 0 unspecified atom stereocenters. The Morgan fingerprint density at radius 1 is 0.885 bits per heavy atom. The van der Waals surface area contributed by atoms with Crippen LogP contribution in [0.5, 0.6) is 0 Å². The van der Waals surface area contributed by atoms with Gasteiger partial charge in [-0.05, 0) is 70.7 Å². The van der Waals surface area contributed by atoms with E-state index >= 15 is 0 Å². The van der Waals surface area contributed by atoms with E-state index in [0.717, 1.165) is 17.8 Å². The predicted octanol–water partition coefficient (Wildman–Crippen LogP) is 6.70. The van der Waals surface area contributed by atoms with E-state index in [1.807, 2.05) is 6.34 Å². The number of hydrogen-bond acceptors (Lipinski definition) is 1. The Morgan fingerprint density at radius 3 is 1.73 bits per heavy atom. The maximum absolute atomic E-state index is 4.84. The molecule has 140 valence electrons. The van der Waals surface area contributed by atoms with Gasteiger partial charge in [0.1, 0.15) is 0 Å². The van der Waals surface area contributed by atoms with Gasteiger partial charge in [0.15, 0.2) is 0 Å². The molecular weight excluding hydrogens is 340 g/mol. The molecule has 3 heteroatoms. The van der Waals surface area contributed by atoms with Crippen LogP contribution < -0.4 is 4.90 Å². The second-order valence-corrected chi connectivity index (χ2v) is 7.32. The van der Waals surface area contributed by atoms with Crippen LogP contribution in [0.1, 0.15) is 40.3 Å². The van der Waals surface area contributed by atoms with E-state index in [2.05, 4.69) is 84.2 Å². The first-order valence-corrected chi connectivity index (χ1v) is 8.80. The standard InChI is InChI=1S/C23H30N2.ClH/c1-15(2)13-25(23-20(7)11-17(4)12-21(23)8)14-24-22-18(5)9-16(3)10-19(22)6;/h9-12,14H,1,13H2,2-8H3;1H. The van der Waals surface area contributed by atoms with Crippen molar-refractivity contribution < 1.29 is 0 Å². The van der Waals surface area contributed by atoms with Crippen LogP contribution in [0.25, 0.3) is 0 Å². The topological polar surface area (TPSA) is 15.6 Å². The number of rotatable bonds is 5. The van der Waals surface area contributed by atoms with Gasteiger partial charge in [-0.15, -0.1) is 12.4 Å². The average molecular weight is 371 g/mol. The molecule has 0 aromatic heterocycles. The molecule has 0 saturated heterocycles. The summed E-state index contributed by atoms with van der Waals surface area (Å²) in [7, 11) is 0. The van der Waals surface area contributed by atoms with E-state index in [-0.39, 0.29) is 12.4 Å². The molecule has 0 aliphatic rings. The number of halogens is 1. The fourth-order valence-corrected chi connectivity index (χ4v) is 3.60. The molecule has 0 saturated carbocycles. The highest BCUT2D eigenvalue weighted by Gasteiger charge is 2.12. The maximum atomic E-state index is 4.84. The van der Waals surface area contributed by atoms with Crippen LogP contribution in [0, 0.1) is 41.5 Å². The third-order valence-electron chi connectivity index (χ3n) is 4.32. The molecule has 0 amide bonds.